The third-order valence-corrected chi connectivity index (χ3v) is 1.86. The van der Waals surface area contributed by atoms with Crippen molar-refractivity contribution in [3.8, 4) is 0 Å². The Balaban J connectivity index is 2.73. The number of nitrogens with zero attached hydrogens (tertiary/aromatic N) is 2. The predicted molar refractivity (Wildman–Crippen MR) is 48.3 cm³/mol. The first-order chi connectivity index (χ1) is 5.79. The van der Waals surface area contributed by atoms with Crippen LogP contribution < -0.4 is 4.90 Å². The fourth-order valence-corrected chi connectivity index (χ4v) is 1.27. The van der Waals surface area contributed by atoms with Crippen LogP contribution in [0.4, 0.5) is 5.69 Å². The van der Waals surface area contributed by atoms with Crippen molar-refractivity contribution in [1.82, 2.24) is 5.16 Å². The number of hydrogen-bond donors (Lipinski definition) is 0. The second-order valence-corrected chi connectivity index (χ2v) is 2.92. The highest BCUT2D eigenvalue weighted by Gasteiger charge is 2.04. The van der Waals surface area contributed by atoms with Gasteiger partial charge in [0.05, 0.1) is 5.39 Å². The Morgan fingerprint density at radius 1 is 1.33 bits per heavy atom. The van der Waals surface area contributed by atoms with Gasteiger partial charge < -0.3 is 9.42 Å². The molecule has 12 heavy (non-hydrogen) atoms. The smallest absolute Gasteiger partial charge is 0.133 e. The summed E-state index contributed by atoms with van der Waals surface area (Å²) in [6.45, 7) is 0. The Morgan fingerprint density at radius 3 is 2.92 bits per heavy atom. The van der Waals surface area contributed by atoms with Gasteiger partial charge in [0.25, 0.3) is 0 Å². The lowest BCUT2D eigenvalue weighted by molar-refractivity contribution is 0.428. The molecule has 0 spiro atoms. The maximum Gasteiger partial charge on any atom is 0.133 e. The molecule has 2 aromatic rings. The lowest BCUT2D eigenvalue weighted by Crippen LogP contribution is -2.08. The molecule has 0 aliphatic carbocycles. The van der Waals surface area contributed by atoms with Crippen LogP contribution in [-0.2, 0) is 0 Å². The molecule has 0 radical (unpaired) electrons. The number of rotatable bonds is 1. The van der Waals surface area contributed by atoms with E-state index in [1.165, 1.54) is 0 Å². The predicted octanol–water partition coefficient (Wildman–Crippen LogP) is 1.89. The number of aromatic nitrogens is 1. The van der Waals surface area contributed by atoms with E-state index >= 15 is 0 Å². The molecule has 62 valence electrons. The number of fused-ring (bicyclic) bond motifs is 1. The van der Waals surface area contributed by atoms with E-state index in [0.29, 0.717) is 0 Å². The fraction of sp³-hybridized carbons (Fsp3) is 0.222. The van der Waals surface area contributed by atoms with E-state index in [4.69, 9.17) is 4.52 Å². The molecule has 0 unspecified atom stereocenters. The normalized spacial score (nSPS) is 10.5. The van der Waals surface area contributed by atoms with Gasteiger partial charge in [0, 0.05) is 19.8 Å². The van der Waals surface area contributed by atoms with Crippen LogP contribution in [0.15, 0.2) is 29.0 Å². The third kappa shape index (κ3) is 0.942. The van der Waals surface area contributed by atoms with Crippen LogP contribution in [0.3, 0.4) is 0 Å². The van der Waals surface area contributed by atoms with Crippen LogP contribution in [0, 0.1) is 0 Å². The van der Waals surface area contributed by atoms with Gasteiger partial charge in [-0.2, -0.15) is 0 Å². The molecule has 3 nitrogen and oxygen atoms in total. The van der Waals surface area contributed by atoms with E-state index in [-0.39, 0.29) is 0 Å². The molecule has 0 fully saturated rings. The Labute approximate surface area is 70.6 Å². The molecule has 0 aliphatic rings. The highest BCUT2D eigenvalue weighted by atomic mass is 16.5. The zero-order valence-electron chi connectivity index (χ0n) is 7.11. The second-order valence-electron chi connectivity index (χ2n) is 2.92. The Bertz CT molecular complexity index is 392. The molecular formula is C9H10N2O. The highest BCUT2D eigenvalue weighted by Crippen LogP contribution is 2.23. The number of hydrogen-bond acceptors (Lipinski definition) is 3. The van der Waals surface area contributed by atoms with Crippen molar-refractivity contribution < 1.29 is 4.52 Å². The van der Waals surface area contributed by atoms with Crippen LogP contribution in [0.2, 0.25) is 0 Å². The highest BCUT2D eigenvalue weighted by molar-refractivity contribution is 5.90. The van der Waals surface area contributed by atoms with Crippen LogP contribution >= 0.6 is 0 Å². The van der Waals surface area contributed by atoms with Gasteiger partial charge in [-0.15, -0.1) is 0 Å². The standard InChI is InChI=1S/C9H10N2O/c1-11(2)9-5-3-4-8-7(9)6-12-10-8/h3-6H,1-2H3. The monoisotopic (exact) mass is 162 g/mol. The summed E-state index contributed by atoms with van der Waals surface area (Å²) in [4.78, 5) is 2.04. The van der Waals surface area contributed by atoms with E-state index in [2.05, 4.69) is 5.16 Å². The zero-order valence-corrected chi connectivity index (χ0v) is 7.11. The summed E-state index contributed by atoms with van der Waals surface area (Å²) in [6.07, 6.45) is 1.67. The number of anilines is 1. The quantitative estimate of drug-likeness (QED) is 0.641. The average molecular weight is 162 g/mol. The molecular weight excluding hydrogens is 152 g/mol. The van der Waals surface area contributed by atoms with Crippen LogP contribution in [-0.4, -0.2) is 19.3 Å². The lowest BCUT2D eigenvalue weighted by atomic mass is 10.2. The van der Waals surface area contributed by atoms with Gasteiger partial charge in [-0.1, -0.05) is 11.2 Å². The van der Waals surface area contributed by atoms with Gasteiger partial charge in [-0.05, 0) is 12.1 Å². The van der Waals surface area contributed by atoms with E-state index in [1.807, 2.05) is 37.2 Å². The largest absolute Gasteiger partial charge is 0.377 e. The van der Waals surface area contributed by atoms with Crippen LogP contribution in [0.1, 0.15) is 0 Å². The van der Waals surface area contributed by atoms with Crippen molar-refractivity contribution in [3.63, 3.8) is 0 Å². The average Bonchev–Trinajstić information content (AvgIpc) is 2.49. The minimum Gasteiger partial charge on any atom is -0.377 e. The molecule has 0 amide bonds. The van der Waals surface area contributed by atoms with Gasteiger partial charge in [-0.3, -0.25) is 0 Å². The summed E-state index contributed by atoms with van der Waals surface area (Å²) in [5.74, 6) is 0. The van der Waals surface area contributed by atoms with E-state index < -0.39 is 0 Å². The maximum atomic E-state index is 4.88. The van der Waals surface area contributed by atoms with E-state index in [0.717, 1.165) is 16.6 Å². The van der Waals surface area contributed by atoms with Crippen LogP contribution in [0.25, 0.3) is 10.9 Å². The molecule has 3 heteroatoms. The molecule has 1 aromatic heterocycles. The summed E-state index contributed by atoms with van der Waals surface area (Å²) in [5.41, 5.74) is 2.04. The summed E-state index contributed by atoms with van der Waals surface area (Å²) in [6, 6.07) is 5.95. The Morgan fingerprint density at radius 2 is 2.17 bits per heavy atom. The van der Waals surface area contributed by atoms with Gasteiger partial charge in [0.15, 0.2) is 0 Å². The maximum absolute atomic E-state index is 4.88. The molecule has 0 N–H and O–H groups in total. The summed E-state index contributed by atoms with van der Waals surface area (Å²) < 4.78 is 4.88. The third-order valence-electron chi connectivity index (χ3n) is 1.86. The van der Waals surface area contributed by atoms with Crippen molar-refractivity contribution in [3.05, 3.63) is 24.5 Å². The topological polar surface area (TPSA) is 29.3 Å². The van der Waals surface area contributed by atoms with E-state index in [9.17, 15) is 0 Å². The van der Waals surface area contributed by atoms with Crippen molar-refractivity contribution in [1.29, 1.82) is 0 Å². The van der Waals surface area contributed by atoms with Gasteiger partial charge in [-0.25, -0.2) is 0 Å². The summed E-state index contributed by atoms with van der Waals surface area (Å²) in [7, 11) is 4.00. The lowest BCUT2D eigenvalue weighted by Gasteiger charge is -2.11. The second kappa shape index (κ2) is 2.52. The zero-order chi connectivity index (χ0) is 8.55. The Hall–Kier alpha value is -1.51. The molecule has 0 saturated heterocycles. The molecule has 0 atom stereocenters. The summed E-state index contributed by atoms with van der Waals surface area (Å²) >= 11 is 0. The van der Waals surface area contributed by atoms with Crippen molar-refractivity contribution in [2.24, 2.45) is 0 Å². The minimum absolute atomic E-state index is 0.904. The van der Waals surface area contributed by atoms with Gasteiger partial charge in [0.2, 0.25) is 0 Å². The first-order valence-electron chi connectivity index (χ1n) is 3.79. The van der Waals surface area contributed by atoms with Crippen molar-refractivity contribution in [2.75, 3.05) is 19.0 Å². The Kier molecular flexibility index (Phi) is 1.50. The van der Waals surface area contributed by atoms with Crippen LogP contribution in [0.5, 0.6) is 0 Å². The molecule has 0 aliphatic heterocycles. The molecule has 0 bridgehead atoms. The first kappa shape index (κ1) is 7.16. The minimum atomic E-state index is 0.904. The first-order valence-corrected chi connectivity index (χ1v) is 3.79. The van der Waals surface area contributed by atoms with E-state index in [1.54, 1.807) is 6.26 Å². The van der Waals surface area contributed by atoms with Gasteiger partial charge >= 0.3 is 0 Å². The number of benzene rings is 1. The van der Waals surface area contributed by atoms with Crippen molar-refractivity contribution in [2.45, 2.75) is 0 Å². The SMILES string of the molecule is CN(C)c1cccc2nocc12. The molecule has 1 heterocycles. The fourth-order valence-electron chi connectivity index (χ4n) is 1.27. The van der Waals surface area contributed by atoms with Gasteiger partial charge in [0.1, 0.15) is 11.8 Å². The molecule has 0 saturated carbocycles. The summed E-state index contributed by atoms with van der Waals surface area (Å²) in [5, 5.41) is 4.92. The van der Waals surface area contributed by atoms with Crippen molar-refractivity contribution >= 4 is 16.6 Å². The molecule has 2 rings (SSSR count). The molecule has 1 aromatic carbocycles.